The number of hydrogen-bond acceptors (Lipinski definition) is 5. The molecule has 2 aromatic carbocycles. The normalized spacial score (nSPS) is 11.6. The van der Waals surface area contributed by atoms with Gasteiger partial charge in [0.05, 0.1) is 33.1 Å². The van der Waals surface area contributed by atoms with Crippen LogP contribution in [0, 0.1) is 0 Å². The SMILES string of the molecule is COc1ccc([C@@H](C)NC(=O)c2cc(-c3ccc(OC)cc3OC)n[nH]2)cc1. The van der Waals surface area contributed by atoms with E-state index in [4.69, 9.17) is 14.2 Å². The van der Waals surface area contributed by atoms with Gasteiger partial charge in [-0.25, -0.2) is 0 Å². The van der Waals surface area contributed by atoms with Crippen LogP contribution in [-0.4, -0.2) is 37.4 Å². The maximum atomic E-state index is 12.6. The number of hydrogen-bond donors (Lipinski definition) is 2. The summed E-state index contributed by atoms with van der Waals surface area (Å²) in [6, 6.07) is 14.5. The molecule has 1 heterocycles. The molecule has 3 rings (SSSR count). The number of amides is 1. The largest absolute Gasteiger partial charge is 0.497 e. The van der Waals surface area contributed by atoms with Gasteiger partial charge in [0.2, 0.25) is 0 Å². The predicted molar refractivity (Wildman–Crippen MR) is 106 cm³/mol. The summed E-state index contributed by atoms with van der Waals surface area (Å²) in [6.45, 7) is 1.92. The third-order valence-corrected chi connectivity index (χ3v) is 4.47. The first-order valence-electron chi connectivity index (χ1n) is 8.78. The van der Waals surface area contributed by atoms with Crippen LogP contribution < -0.4 is 19.5 Å². The van der Waals surface area contributed by atoms with Crippen molar-refractivity contribution in [3.63, 3.8) is 0 Å². The van der Waals surface area contributed by atoms with Crippen LogP contribution in [0.3, 0.4) is 0 Å². The Kier molecular flexibility index (Phi) is 5.84. The quantitative estimate of drug-likeness (QED) is 0.653. The standard InChI is InChI=1S/C21H23N3O4/c1-13(14-5-7-15(26-2)8-6-14)22-21(25)19-12-18(23-24-19)17-10-9-16(27-3)11-20(17)28-4/h5-13H,1-4H3,(H,22,25)(H,23,24)/t13-/m1/s1. The van der Waals surface area contributed by atoms with Gasteiger partial charge < -0.3 is 19.5 Å². The lowest BCUT2D eigenvalue weighted by Gasteiger charge is -2.14. The van der Waals surface area contributed by atoms with E-state index in [9.17, 15) is 4.79 Å². The highest BCUT2D eigenvalue weighted by molar-refractivity contribution is 5.93. The Morgan fingerprint density at radius 2 is 1.64 bits per heavy atom. The summed E-state index contributed by atoms with van der Waals surface area (Å²) in [4.78, 5) is 12.6. The summed E-state index contributed by atoms with van der Waals surface area (Å²) < 4.78 is 15.8. The first-order valence-corrected chi connectivity index (χ1v) is 8.78. The van der Waals surface area contributed by atoms with Crippen molar-refractivity contribution in [2.24, 2.45) is 0 Å². The number of ether oxygens (including phenoxy) is 3. The van der Waals surface area contributed by atoms with Crippen LogP contribution in [0.25, 0.3) is 11.3 Å². The topological polar surface area (TPSA) is 85.5 Å². The van der Waals surface area contributed by atoms with Crippen LogP contribution >= 0.6 is 0 Å². The van der Waals surface area contributed by atoms with Crippen LogP contribution in [0.5, 0.6) is 17.2 Å². The molecule has 7 heteroatoms. The van der Waals surface area contributed by atoms with Gasteiger partial charge in [0.15, 0.2) is 0 Å². The molecular formula is C21H23N3O4. The number of benzene rings is 2. The van der Waals surface area contributed by atoms with Crippen LogP contribution in [0.1, 0.15) is 29.0 Å². The average molecular weight is 381 g/mol. The molecule has 0 aliphatic rings. The molecule has 0 fully saturated rings. The van der Waals surface area contributed by atoms with Crippen molar-refractivity contribution in [3.05, 3.63) is 59.8 Å². The second-order valence-electron chi connectivity index (χ2n) is 6.20. The third kappa shape index (κ3) is 4.09. The molecule has 0 saturated carbocycles. The average Bonchev–Trinajstić information content (AvgIpc) is 3.23. The molecule has 0 unspecified atom stereocenters. The molecule has 28 heavy (non-hydrogen) atoms. The van der Waals surface area contributed by atoms with Gasteiger partial charge in [0.1, 0.15) is 22.9 Å². The van der Waals surface area contributed by atoms with Crippen molar-refractivity contribution in [3.8, 4) is 28.5 Å². The van der Waals surface area contributed by atoms with E-state index < -0.39 is 0 Å². The molecule has 2 N–H and O–H groups in total. The van der Waals surface area contributed by atoms with Gasteiger partial charge in [-0.15, -0.1) is 0 Å². The van der Waals surface area contributed by atoms with E-state index in [-0.39, 0.29) is 11.9 Å². The fourth-order valence-electron chi connectivity index (χ4n) is 2.84. The summed E-state index contributed by atoms with van der Waals surface area (Å²) in [7, 11) is 4.79. The minimum absolute atomic E-state index is 0.166. The zero-order valence-electron chi connectivity index (χ0n) is 16.3. The Balaban J connectivity index is 1.75. The molecule has 7 nitrogen and oxygen atoms in total. The fourth-order valence-corrected chi connectivity index (χ4v) is 2.84. The molecule has 0 saturated heterocycles. The predicted octanol–water partition coefficient (Wildman–Crippen LogP) is 3.59. The van der Waals surface area contributed by atoms with Crippen molar-refractivity contribution >= 4 is 5.91 Å². The lowest BCUT2D eigenvalue weighted by Crippen LogP contribution is -2.26. The summed E-state index contributed by atoms with van der Waals surface area (Å²) >= 11 is 0. The molecule has 0 aliphatic heterocycles. The summed E-state index contributed by atoms with van der Waals surface area (Å²) in [5, 5.41) is 10.0. The number of aromatic nitrogens is 2. The van der Waals surface area contributed by atoms with Crippen molar-refractivity contribution in [2.75, 3.05) is 21.3 Å². The highest BCUT2D eigenvalue weighted by Crippen LogP contribution is 2.32. The zero-order chi connectivity index (χ0) is 20.1. The zero-order valence-corrected chi connectivity index (χ0v) is 16.3. The smallest absolute Gasteiger partial charge is 0.269 e. The number of carbonyl (C=O) groups is 1. The first kappa shape index (κ1) is 19.3. The summed E-state index contributed by atoms with van der Waals surface area (Å²) in [5.74, 6) is 1.83. The molecule has 1 aromatic heterocycles. The maximum absolute atomic E-state index is 12.6. The molecule has 0 aliphatic carbocycles. The number of nitrogens with zero attached hydrogens (tertiary/aromatic N) is 1. The number of aromatic amines is 1. The van der Waals surface area contributed by atoms with Crippen LogP contribution in [0.15, 0.2) is 48.5 Å². The van der Waals surface area contributed by atoms with Gasteiger partial charge in [0.25, 0.3) is 5.91 Å². The Hall–Kier alpha value is -3.48. The Morgan fingerprint density at radius 1 is 0.964 bits per heavy atom. The van der Waals surface area contributed by atoms with E-state index in [1.54, 1.807) is 33.5 Å². The second-order valence-corrected chi connectivity index (χ2v) is 6.20. The number of methoxy groups -OCH3 is 3. The third-order valence-electron chi connectivity index (χ3n) is 4.47. The minimum atomic E-state index is -0.241. The highest BCUT2D eigenvalue weighted by atomic mass is 16.5. The minimum Gasteiger partial charge on any atom is -0.497 e. The molecule has 1 atom stereocenters. The monoisotopic (exact) mass is 381 g/mol. The number of nitrogens with one attached hydrogen (secondary N) is 2. The molecule has 0 bridgehead atoms. The molecule has 0 radical (unpaired) electrons. The van der Waals surface area contributed by atoms with Crippen LogP contribution in [0.4, 0.5) is 0 Å². The van der Waals surface area contributed by atoms with Crippen LogP contribution in [0.2, 0.25) is 0 Å². The second kappa shape index (κ2) is 8.47. The molecule has 146 valence electrons. The van der Waals surface area contributed by atoms with Gasteiger partial charge in [-0.05, 0) is 42.8 Å². The number of carbonyl (C=O) groups excluding carboxylic acids is 1. The van der Waals surface area contributed by atoms with E-state index in [2.05, 4.69) is 15.5 Å². The van der Waals surface area contributed by atoms with Gasteiger partial charge >= 0.3 is 0 Å². The van der Waals surface area contributed by atoms with E-state index in [0.29, 0.717) is 22.9 Å². The van der Waals surface area contributed by atoms with Crippen molar-refractivity contribution < 1.29 is 19.0 Å². The van der Waals surface area contributed by atoms with E-state index in [0.717, 1.165) is 16.9 Å². The van der Waals surface area contributed by atoms with Gasteiger partial charge in [-0.2, -0.15) is 5.10 Å². The Bertz CT molecular complexity index is 951. The van der Waals surface area contributed by atoms with E-state index in [1.807, 2.05) is 43.3 Å². The van der Waals surface area contributed by atoms with Gasteiger partial charge in [0, 0.05) is 11.6 Å². The summed E-state index contributed by atoms with van der Waals surface area (Å²) in [5.41, 5.74) is 2.72. The van der Waals surface area contributed by atoms with Crippen molar-refractivity contribution in [2.45, 2.75) is 13.0 Å². The molecular weight excluding hydrogens is 358 g/mol. The van der Waals surface area contributed by atoms with Crippen LogP contribution in [-0.2, 0) is 0 Å². The first-order chi connectivity index (χ1) is 13.5. The lowest BCUT2D eigenvalue weighted by atomic mass is 10.1. The number of H-pyrrole nitrogens is 1. The highest BCUT2D eigenvalue weighted by Gasteiger charge is 2.17. The molecule has 3 aromatic rings. The Labute approximate surface area is 163 Å². The Morgan fingerprint density at radius 3 is 2.29 bits per heavy atom. The van der Waals surface area contributed by atoms with Crippen molar-refractivity contribution in [1.82, 2.24) is 15.5 Å². The van der Waals surface area contributed by atoms with Gasteiger partial charge in [-0.1, -0.05) is 12.1 Å². The van der Waals surface area contributed by atoms with Crippen molar-refractivity contribution in [1.29, 1.82) is 0 Å². The maximum Gasteiger partial charge on any atom is 0.269 e. The van der Waals surface area contributed by atoms with E-state index >= 15 is 0 Å². The summed E-state index contributed by atoms with van der Waals surface area (Å²) in [6.07, 6.45) is 0. The number of rotatable bonds is 7. The molecule has 0 spiro atoms. The fraction of sp³-hybridized carbons (Fsp3) is 0.238. The molecule has 1 amide bonds. The van der Waals surface area contributed by atoms with E-state index in [1.165, 1.54) is 0 Å². The van der Waals surface area contributed by atoms with Gasteiger partial charge in [-0.3, -0.25) is 9.89 Å². The lowest BCUT2D eigenvalue weighted by molar-refractivity contribution is 0.0935.